The Morgan fingerprint density at radius 2 is 2.04 bits per heavy atom. The fraction of sp³-hybridized carbons (Fsp3) is 0.0476. The van der Waals surface area contributed by atoms with Crippen molar-refractivity contribution in [3.05, 3.63) is 73.2 Å². The van der Waals surface area contributed by atoms with Gasteiger partial charge in [0.1, 0.15) is 0 Å². The molecule has 5 nitrogen and oxygen atoms in total. The molecule has 28 heavy (non-hydrogen) atoms. The minimum atomic E-state index is -0.917. The molecule has 2 aromatic heterocycles. The molecule has 0 aliphatic carbocycles. The Kier molecular flexibility index (Phi) is 4.27. The number of hydrogen-bond donors (Lipinski definition) is 2. The van der Waals surface area contributed by atoms with Gasteiger partial charge in [-0.15, -0.1) is 0 Å². The monoisotopic (exact) mass is 378 g/mol. The van der Waals surface area contributed by atoms with E-state index < -0.39 is 11.6 Å². The summed E-state index contributed by atoms with van der Waals surface area (Å²) < 4.78 is 28.7. The number of carbonyl (C=O) groups is 1. The summed E-state index contributed by atoms with van der Waals surface area (Å²) in [6, 6.07) is 9.15. The van der Waals surface area contributed by atoms with Crippen molar-refractivity contribution >= 4 is 22.5 Å². The van der Waals surface area contributed by atoms with Gasteiger partial charge in [0.15, 0.2) is 11.6 Å². The van der Waals surface area contributed by atoms with Crippen LogP contribution in [0.5, 0.6) is 0 Å². The molecule has 0 aliphatic heterocycles. The van der Waals surface area contributed by atoms with Crippen LogP contribution in [0.15, 0.2) is 61.6 Å². The third-order valence-electron chi connectivity index (χ3n) is 4.39. The Morgan fingerprint density at radius 3 is 2.71 bits per heavy atom. The van der Waals surface area contributed by atoms with E-state index in [-0.39, 0.29) is 5.91 Å². The van der Waals surface area contributed by atoms with Crippen LogP contribution in [-0.2, 0) is 11.8 Å². The molecule has 0 spiro atoms. The first-order chi connectivity index (χ1) is 13.4. The fourth-order valence-corrected chi connectivity index (χ4v) is 3.08. The van der Waals surface area contributed by atoms with Crippen LogP contribution in [0.25, 0.3) is 33.4 Å². The van der Waals surface area contributed by atoms with Crippen molar-refractivity contribution in [2.45, 2.75) is 0 Å². The lowest BCUT2D eigenvalue weighted by molar-refractivity contribution is -0.111. The molecule has 1 amide bonds. The highest BCUT2D eigenvalue weighted by molar-refractivity contribution is 6.04. The highest BCUT2D eigenvalue weighted by atomic mass is 19.2. The number of hydrogen-bond acceptors (Lipinski definition) is 2. The summed E-state index contributed by atoms with van der Waals surface area (Å²) in [5.41, 5.74) is 3.97. The number of amides is 1. The van der Waals surface area contributed by atoms with E-state index in [1.165, 1.54) is 12.1 Å². The van der Waals surface area contributed by atoms with Gasteiger partial charge in [-0.05, 0) is 42.5 Å². The standard InChI is InChI=1S/C21H16F2N4O/c1-3-20(28)25-14-6-13-8-18(12-4-5-16(22)17(23)7-12)26-21(13)15(9-14)19-10-27(2)11-24-19/h3-11,26H,1H2,2H3,(H,25,28). The zero-order chi connectivity index (χ0) is 19.8. The predicted octanol–water partition coefficient (Wildman–Crippen LogP) is 4.64. The lowest BCUT2D eigenvalue weighted by Gasteiger charge is -2.06. The van der Waals surface area contributed by atoms with E-state index in [1.54, 1.807) is 18.5 Å². The van der Waals surface area contributed by atoms with Crippen LogP contribution in [0.4, 0.5) is 14.5 Å². The third-order valence-corrected chi connectivity index (χ3v) is 4.39. The highest BCUT2D eigenvalue weighted by Gasteiger charge is 2.14. The van der Waals surface area contributed by atoms with Crippen molar-refractivity contribution in [1.29, 1.82) is 0 Å². The van der Waals surface area contributed by atoms with Crippen molar-refractivity contribution in [3.63, 3.8) is 0 Å². The average Bonchev–Trinajstić information content (AvgIpc) is 3.29. The van der Waals surface area contributed by atoms with E-state index in [0.717, 1.165) is 28.6 Å². The number of carbonyl (C=O) groups excluding carboxylic acids is 1. The molecule has 0 fully saturated rings. The number of H-pyrrole nitrogens is 1. The van der Waals surface area contributed by atoms with E-state index in [2.05, 4.69) is 21.9 Å². The van der Waals surface area contributed by atoms with E-state index in [1.807, 2.05) is 23.9 Å². The summed E-state index contributed by atoms with van der Waals surface area (Å²) in [6.07, 6.45) is 4.72. The van der Waals surface area contributed by atoms with Crippen LogP contribution >= 0.6 is 0 Å². The smallest absolute Gasteiger partial charge is 0.247 e. The summed E-state index contributed by atoms with van der Waals surface area (Å²) in [6.45, 7) is 3.46. The molecule has 0 aliphatic rings. The van der Waals surface area contributed by atoms with Crippen LogP contribution < -0.4 is 5.32 Å². The quantitative estimate of drug-likeness (QED) is 0.508. The van der Waals surface area contributed by atoms with E-state index in [4.69, 9.17) is 0 Å². The van der Waals surface area contributed by atoms with Gasteiger partial charge in [-0.3, -0.25) is 4.79 Å². The average molecular weight is 378 g/mol. The number of aryl methyl sites for hydroxylation is 1. The van der Waals surface area contributed by atoms with Crippen molar-refractivity contribution in [2.24, 2.45) is 7.05 Å². The Labute approximate surface area is 159 Å². The van der Waals surface area contributed by atoms with Crippen LogP contribution in [0.3, 0.4) is 0 Å². The molecule has 0 saturated carbocycles. The molecule has 0 atom stereocenters. The third kappa shape index (κ3) is 3.18. The molecule has 2 aromatic carbocycles. The number of benzene rings is 2. The summed E-state index contributed by atoms with van der Waals surface area (Å²) in [7, 11) is 1.86. The van der Waals surface area contributed by atoms with Crippen molar-refractivity contribution in [1.82, 2.24) is 14.5 Å². The molecule has 2 heterocycles. The topological polar surface area (TPSA) is 62.7 Å². The van der Waals surface area contributed by atoms with Gasteiger partial charge in [-0.2, -0.15) is 0 Å². The predicted molar refractivity (Wildman–Crippen MR) is 105 cm³/mol. The number of nitrogens with zero attached hydrogens (tertiary/aromatic N) is 2. The number of imidazole rings is 1. The minimum absolute atomic E-state index is 0.331. The van der Waals surface area contributed by atoms with Gasteiger partial charge in [0.05, 0.1) is 17.5 Å². The van der Waals surface area contributed by atoms with Gasteiger partial charge in [0, 0.05) is 41.1 Å². The first-order valence-corrected chi connectivity index (χ1v) is 8.48. The SMILES string of the molecule is C=CC(=O)Nc1cc(-c2cn(C)cn2)c2[nH]c(-c3ccc(F)c(F)c3)cc2c1. The van der Waals surface area contributed by atoms with Crippen LogP contribution in [0.1, 0.15) is 0 Å². The van der Waals surface area contributed by atoms with Crippen LogP contribution in [-0.4, -0.2) is 20.4 Å². The lowest BCUT2D eigenvalue weighted by atomic mass is 10.1. The largest absolute Gasteiger partial charge is 0.354 e. The molecule has 0 bridgehead atoms. The molecule has 2 N–H and O–H groups in total. The van der Waals surface area contributed by atoms with Crippen molar-refractivity contribution < 1.29 is 13.6 Å². The summed E-state index contributed by atoms with van der Waals surface area (Å²) >= 11 is 0. The second-order valence-corrected chi connectivity index (χ2v) is 6.42. The van der Waals surface area contributed by atoms with E-state index >= 15 is 0 Å². The Morgan fingerprint density at radius 1 is 1.21 bits per heavy atom. The first kappa shape index (κ1) is 17.7. The summed E-state index contributed by atoms with van der Waals surface area (Å²) in [4.78, 5) is 19.4. The van der Waals surface area contributed by atoms with E-state index in [0.29, 0.717) is 22.6 Å². The molecular weight excluding hydrogens is 362 g/mol. The molecule has 140 valence electrons. The number of aromatic amines is 1. The number of rotatable bonds is 4. The fourth-order valence-electron chi connectivity index (χ4n) is 3.08. The van der Waals surface area contributed by atoms with Crippen LogP contribution in [0, 0.1) is 11.6 Å². The molecular formula is C21H16F2N4O. The maximum Gasteiger partial charge on any atom is 0.247 e. The van der Waals surface area contributed by atoms with Gasteiger partial charge >= 0.3 is 0 Å². The second-order valence-electron chi connectivity index (χ2n) is 6.42. The maximum absolute atomic E-state index is 13.7. The summed E-state index contributed by atoms with van der Waals surface area (Å²) in [5.74, 6) is -2.15. The number of halogens is 2. The van der Waals surface area contributed by atoms with Gasteiger partial charge in [-0.1, -0.05) is 6.58 Å². The highest BCUT2D eigenvalue weighted by Crippen LogP contribution is 2.34. The Hall–Kier alpha value is -3.74. The summed E-state index contributed by atoms with van der Waals surface area (Å²) in [5, 5.41) is 3.55. The van der Waals surface area contributed by atoms with Gasteiger partial charge in [-0.25, -0.2) is 13.8 Å². The first-order valence-electron chi connectivity index (χ1n) is 8.48. The van der Waals surface area contributed by atoms with Gasteiger partial charge in [0.25, 0.3) is 0 Å². The van der Waals surface area contributed by atoms with E-state index in [9.17, 15) is 13.6 Å². The van der Waals surface area contributed by atoms with Gasteiger partial charge < -0.3 is 14.9 Å². The normalized spacial score (nSPS) is 11.0. The molecule has 4 aromatic rings. The lowest BCUT2D eigenvalue weighted by Crippen LogP contribution is -2.07. The maximum atomic E-state index is 13.7. The molecule has 0 unspecified atom stereocenters. The van der Waals surface area contributed by atoms with Crippen molar-refractivity contribution in [3.8, 4) is 22.5 Å². The zero-order valence-electron chi connectivity index (χ0n) is 15.0. The van der Waals surface area contributed by atoms with Crippen LogP contribution in [0.2, 0.25) is 0 Å². The number of nitrogens with one attached hydrogen (secondary N) is 2. The van der Waals surface area contributed by atoms with Crippen molar-refractivity contribution in [2.75, 3.05) is 5.32 Å². The number of anilines is 1. The zero-order valence-corrected chi connectivity index (χ0v) is 15.0. The van der Waals surface area contributed by atoms with Gasteiger partial charge in [0.2, 0.25) is 5.91 Å². The molecule has 4 rings (SSSR count). The molecule has 0 saturated heterocycles. The second kappa shape index (κ2) is 6.77. The molecule has 0 radical (unpaired) electrons. The number of aromatic nitrogens is 3. The number of fused-ring (bicyclic) bond motifs is 1. The Bertz CT molecular complexity index is 1220. The minimum Gasteiger partial charge on any atom is -0.354 e. The molecule has 7 heteroatoms. The Balaban J connectivity index is 1.91.